The second-order valence-electron chi connectivity index (χ2n) is 6.83. The zero-order valence-corrected chi connectivity index (χ0v) is 16.7. The molecule has 1 fully saturated rings. The Morgan fingerprint density at radius 3 is 2.85 bits per heavy atom. The lowest BCUT2D eigenvalue weighted by Gasteiger charge is -2.32. The van der Waals surface area contributed by atoms with E-state index in [9.17, 15) is 4.79 Å². The highest BCUT2D eigenvalue weighted by Crippen LogP contribution is 2.34. The van der Waals surface area contributed by atoms with Gasteiger partial charge in [0.2, 0.25) is 5.91 Å². The number of aromatic nitrogens is 2. The summed E-state index contributed by atoms with van der Waals surface area (Å²) in [5.41, 5.74) is 3.29. The first-order valence-electron chi connectivity index (χ1n) is 8.48. The van der Waals surface area contributed by atoms with Gasteiger partial charge in [0.15, 0.2) is 0 Å². The van der Waals surface area contributed by atoms with Crippen molar-refractivity contribution in [2.75, 3.05) is 19.6 Å². The van der Waals surface area contributed by atoms with Crippen LogP contribution in [0.15, 0.2) is 24.5 Å². The highest BCUT2D eigenvalue weighted by molar-refractivity contribution is 6.42. The van der Waals surface area contributed by atoms with Crippen LogP contribution < -0.4 is 5.32 Å². The van der Waals surface area contributed by atoms with Crippen molar-refractivity contribution in [3.05, 3.63) is 51.3 Å². The van der Waals surface area contributed by atoms with Gasteiger partial charge in [-0.25, -0.2) is 0 Å². The first kappa shape index (κ1) is 19.5. The predicted octanol–water partition coefficient (Wildman–Crippen LogP) is 3.04. The van der Waals surface area contributed by atoms with Gasteiger partial charge < -0.3 is 10.2 Å². The van der Waals surface area contributed by atoms with Gasteiger partial charge in [-0.3, -0.25) is 9.48 Å². The second kappa shape index (κ2) is 7.77. The number of fused-ring (bicyclic) bond motifs is 1. The van der Waals surface area contributed by atoms with Crippen molar-refractivity contribution in [2.24, 2.45) is 13.0 Å². The fourth-order valence-electron chi connectivity index (χ4n) is 3.93. The van der Waals surface area contributed by atoms with E-state index in [-0.39, 0.29) is 30.2 Å². The summed E-state index contributed by atoms with van der Waals surface area (Å²) in [5, 5.41) is 8.82. The van der Waals surface area contributed by atoms with Crippen molar-refractivity contribution in [3.63, 3.8) is 0 Å². The van der Waals surface area contributed by atoms with E-state index in [0.29, 0.717) is 29.7 Å². The summed E-state index contributed by atoms with van der Waals surface area (Å²) in [4.78, 5) is 15.1. The molecule has 1 amide bonds. The molecule has 1 aromatic carbocycles. The molecule has 1 aromatic heterocycles. The number of carbonyl (C=O) groups excluding carboxylic acids is 1. The van der Waals surface area contributed by atoms with Crippen molar-refractivity contribution in [1.82, 2.24) is 20.0 Å². The van der Waals surface area contributed by atoms with Gasteiger partial charge in [-0.15, -0.1) is 12.4 Å². The number of amides is 1. The van der Waals surface area contributed by atoms with E-state index in [1.165, 1.54) is 0 Å². The third-order valence-electron chi connectivity index (χ3n) is 5.28. The fourth-order valence-corrected chi connectivity index (χ4v) is 4.38. The number of carbonyl (C=O) groups is 1. The number of halogens is 3. The number of hydrogen-bond donors (Lipinski definition) is 1. The zero-order chi connectivity index (χ0) is 17.6. The minimum absolute atomic E-state index is 0. The maximum atomic E-state index is 13.2. The topological polar surface area (TPSA) is 50.2 Å². The Hall–Kier alpha value is -1.27. The number of hydrogen-bond acceptors (Lipinski definition) is 3. The summed E-state index contributed by atoms with van der Waals surface area (Å²) >= 11 is 12.4. The molecule has 0 spiro atoms. The molecule has 26 heavy (non-hydrogen) atoms. The molecule has 8 heteroatoms. The smallest absolute Gasteiger partial charge is 0.227 e. The molecule has 2 aliphatic rings. The van der Waals surface area contributed by atoms with Crippen LogP contribution in [0.3, 0.4) is 0 Å². The highest BCUT2D eigenvalue weighted by atomic mass is 35.5. The molecule has 0 bridgehead atoms. The molecule has 4 rings (SSSR count). The maximum Gasteiger partial charge on any atom is 0.227 e. The Morgan fingerprint density at radius 1 is 1.31 bits per heavy atom. The van der Waals surface area contributed by atoms with E-state index >= 15 is 0 Å². The van der Waals surface area contributed by atoms with Crippen LogP contribution in [-0.2, 0) is 24.8 Å². The van der Waals surface area contributed by atoms with Gasteiger partial charge in [0, 0.05) is 45.3 Å². The second-order valence-corrected chi connectivity index (χ2v) is 7.61. The minimum Gasteiger partial charge on any atom is -0.338 e. The van der Waals surface area contributed by atoms with E-state index in [4.69, 9.17) is 23.2 Å². The first-order valence-corrected chi connectivity index (χ1v) is 9.24. The van der Waals surface area contributed by atoms with Crippen molar-refractivity contribution in [3.8, 4) is 0 Å². The SMILES string of the molecule is Cl.Cn1cc([C@H]2CNC[C@@H]2C(=O)N2CCc3c(ccc(Cl)c3Cl)C2)cn1. The monoisotopic (exact) mass is 414 g/mol. The third-order valence-corrected chi connectivity index (χ3v) is 6.13. The van der Waals surface area contributed by atoms with E-state index in [2.05, 4.69) is 10.4 Å². The average molecular weight is 416 g/mol. The number of rotatable bonds is 2. The molecule has 1 saturated heterocycles. The molecular formula is C18H21Cl3N4O. The Kier molecular flexibility index (Phi) is 5.82. The van der Waals surface area contributed by atoms with Crippen LogP contribution in [0.1, 0.15) is 22.6 Å². The molecule has 0 saturated carbocycles. The van der Waals surface area contributed by atoms with Crippen molar-refractivity contribution < 1.29 is 4.79 Å². The quantitative estimate of drug-likeness (QED) is 0.820. The molecule has 140 valence electrons. The maximum absolute atomic E-state index is 13.2. The average Bonchev–Trinajstić information content (AvgIpc) is 3.26. The Balaban J connectivity index is 0.00000196. The van der Waals surface area contributed by atoms with Gasteiger partial charge in [0.1, 0.15) is 0 Å². The third kappa shape index (κ3) is 3.46. The molecule has 2 aliphatic heterocycles. The molecular weight excluding hydrogens is 395 g/mol. The van der Waals surface area contributed by atoms with Crippen LogP contribution >= 0.6 is 35.6 Å². The van der Waals surface area contributed by atoms with Gasteiger partial charge in [-0.05, 0) is 29.2 Å². The summed E-state index contributed by atoms with van der Waals surface area (Å²) in [7, 11) is 1.90. The molecule has 1 N–H and O–H groups in total. The normalized spacial score (nSPS) is 22.0. The van der Waals surface area contributed by atoms with Crippen molar-refractivity contribution in [2.45, 2.75) is 18.9 Å². The number of aryl methyl sites for hydroxylation is 1. The highest BCUT2D eigenvalue weighted by Gasteiger charge is 2.38. The van der Waals surface area contributed by atoms with E-state index in [1.54, 1.807) is 4.68 Å². The van der Waals surface area contributed by atoms with Gasteiger partial charge in [-0.2, -0.15) is 5.10 Å². The van der Waals surface area contributed by atoms with E-state index in [1.807, 2.05) is 36.5 Å². The van der Waals surface area contributed by atoms with Crippen LogP contribution in [0.25, 0.3) is 0 Å². The van der Waals surface area contributed by atoms with Crippen LogP contribution in [0, 0.1) is 5.92 Å². The molecule has 2 aromatic rings. The molecule has 2 atom stereocenters. The Labute approximate surface area is 169 Å². The molecule has 5 nitrogen and oxygen atoms in total. The van der Waals surface area contributed by atoms with Gasteiger partial charge in [0.25, 0.3) is 0 Å². The van der Waals surface area contributed by atoms with Crippen LogP contribution in [0.2, 0.25) is 10.0 Å². The predicted molar refractivity (Wildman–Crippen MR) is 105 cm³/mol. The minimum atomic E-state index is -0.0477. The summed E-state index contributed by atoms with van der Waals surface area (Å²) in [6, 6.07) is 3.79. The molecule has 0 unspecified atom stereocenters. The number of benzene rings is 1. The Morgan fingerprint density at radius 2 is 2.12 bits per heavy atom. The zero-order valence-electron chi connectivity index (χ0n) is 14.4. The molecule has 0 aliphatic carbocycles. The standard InChI is InChI=1S/C18H20Cl2N4O.ClH/c1-23-9-12(6-22-23)14-7-21-8-15(14)18(25)24-5-4-13-11(10-24)2-3-16(19)17(13)20;/h2-3,6,9,14-15,21H,4-5,7-8,10H2,1H3;1H/t14-,15+;/m1./s1. The summed E-state index contributed by atoms with van der Waals surface area (Å²) < 4.78 is 1.79. The lowest BCUT2D eigenvalue weighted by Crippen LogP contribution is -2.41. The lowest BCUT2D eigenvalue weighted by molar-refractivity contribution is -0.136. The Bertz CT molecular complexity index is 823. The largest absolute Gasteiger partial charge is 0.338 e. The number of nitrogens with zero attached hydrogens (tertiary/aromatic N) is 3. The summed E-state index contributed by atoms with van der Waals surface area (Å²) in [5.74, 6) is 0.334. The number of nitrogens with one attached hydrogen (secondary N) is 1. The fraction of sp³-hybridized carbons (Fsp3) is 0.444. The van der Waals surface area contributed by atoms with Crippen molar-refractivity contribution in [1.29, 1.82) is 0 Å². The summed E-state index contributed by atoms with van der Waals surface area (Å²) in [6.07, 6.45) is 4.62. The van der Waals surface area contributed by atoms with Gasteiger partial charge >= 0.3 is 0 Å². The van der Waals surface area contributed by atoms with E-state index in [0.717, 1.165) is 29.7 Å². The molecule has 0 radical (unpaired) electrons. The van der Waals surface area contributed by atoms with Gasteiger partial charge in [0.05, 0.1) is 22.2 Å². The first-order chi connectivity index (χ1) is 12.0. The van der Waals surface area contributed by atoms with E-state index < -0.39 is 0 Å². The van der Waals surface area contributed by atoms with Crippen LogP contribution in [0.5, 0.6) is 0 Å². The van der Waals surface area contributed by atoms with Gasteiger partial charge in [-0.1, -0.05) is 29.3 Å². The van der Waals surface area contributed by atoms with Crippen LogP contribution in [0.4, 0.5) is 0 Å². The van der Waals surface area contributed by atoms with Crippen molar-refractivity contribution >= 4 is 41.5 Å². The lowest BCUT2D eigenvalue weighted by atomic mass is 9.89. The molecule has 3 heterocycles. The summed E-state index contributed by atoms with van der Waals surface area (Å²) in [6.45, 7) is 2.81. The van der Waals surface area contributed by atoms with Crippen LogP contribution in [-0.4, -0.2) is 40.2 Å².